The van der Waals surface area contributed by atoms with Crippen molar-refractivity contribution in [3.63, 3.8) is 0 Å². The fourth-order valence-corrected chi connectivity index (χ4v) is 4.32. The van der Waals surface area contributed by atoms with E-state index in [9.17, 15) is 9.59 Å². The predicted molar refractivity (Wildman–Crippen MR) is 99.7 cm³/mol. The monoisotopic (exact) mass is 398 g/mol. The van der Waals surface area contributed by atoms with Gasteiger partial charge in [0.05, 0.1) is 17.8 Å². The first kappa shape index (κ1) is 19.9. The van der Waals surface area contributed by atoms with Crippen molar-refractivity contribution in [2.45, 2.75) is 56.7 Å². The Morgan fingerprint density at radius 2 is 2.07 bits per heavy atom. The van der Waals surface area contributed by atoms with E-state index in [1.54, 1.807) is 16.0 Å². The molecule has 0 radical (unpaired) electrons. The van der Waals surface area contributed by atoms with Gasteiger partial charge in [-0.3, -0.25) is 9.69 Å². The molecule has 0 aromatic carbocycles. The summed E-state index contributed by atoms with van der Waals surface area (Å²) in [6.45, 7) is 3.81. The molecule has 2 aliphatic heterocycles. The largest absolute Gasteiger partial charge is 0.447 e. The molecule has 1 aliphatic carbocycles. The lowest BCUT2D eigenvalue weighted by Crippen LogP contribution is -2.62. The third-order valence-corrected chi connectivity index (χ3v) is 6.13. The van der Waals surface area contributed by atoms with Gasteiger partial charge in [0.1, 0.15) is 6.61 Å². The van der Waals surface area contributed by atoms with Crippen LogP contribution < -0.4 is 5.73 Å². The van der Waals surface area contributed by atoms with E-state index >= 15 is 0 Å². The summed E-state index contributed by atoms with van der Waals surface area (Å²) in [6.07, 6.45) is 6.11. The van der Waals surface area contributed by atoms with Gasteiger partial charge in [0.15, 0.2) is 5.69 Å². The summed E-state index contributed by atoms with van der Waals surface area (Å²) in [4.78, 5) is 28.3. The van der Waals surface area contributed by atoms with Crippen LogP contribution in [0.4, 0.5) is 4.79 Å². The second kappa shape index (κ2) is 7.63. The topological polar surface area (TPSA) is 107 Å². The second-order valence-electron chi connectivity index (χ2n) is 7.66. The van der Waals surface area contributed by atoms with Crippen LogP contribution in [0.3, 0.4) is 0 Å². The maximum absolute atomic E-state index is 12.9. The van der Waals surface area contributed by atoms with Crippen molar-refractivity contribution in [2.24, 2.45) is 5.73 Å². The molecular formula is C17H27ClN6O3. The minimum Gasteiger partial charge on any atom is -0.447 e. The Kier molecular flexibility index (Phi) is 5.62. The molecule has 2 amide bonds. The van der Waals surface area contributed by atoms with E-state index in [4.69, 9.17) is 10.5 Å². The number of nitrogens with zero attached hydrogens (tertiary/aromatic N) is 5. The van der Waals surface area contributed by atoms with E-state index in [2.05, 4.69) is 10.3 Å². The Hall–Kier alpha value is -1.87. The zero-order valence-electron chi connectivity index (χ0n) is 15.5. The maximum Gasteiger partial charge on any atom is 0.410 e. The fourth-order valence-electron chi connectivity index (χ4n) is 4.32. The molecule has 10 heteroatoms. The van der Waals surface area contributed by atoms with Gasteiger partial charge in [0, 0.05) is 25.7 Å². The Morgan fingerprint density at radius 3 is 2.78 bits per heavy atom. The van der Waals surface area contributed by atoms with Crippen LogP contribution >= 0.6 is 12.4 Å². The second-order valence-corrected chi connectivity index (χ2v) is 7.66. The lowest BCUT2D eigenvalue weighted by atomic mass is 9.92. The molecule has 9 nitrogen and oxygen atoms in total. The van der Waals surface area contributed by atoms with Crippen molar-refractivity contribution >= 4 is 24.4 Å². The normalized spacial score (nSPS) is 30.5. The Balaban J connectivity index is 0.00000210. The van der Waals surface area contributed by atoms with Crippen molar-refractivity contribution in [3.05, 3.63) is 11.9 Å². The van der Waals surface area contributed by atoms with Gasteiger partial charge in [-0.25, -0.2) is 9.48 Å². The number of rotatable bonds is 3. The van der Waals surface area contributed by atoms with Gasteiger partial charge in [0.2, 0.25) is 0 Å². The summed E-state index contributed by atoms with van der Waals surface area (Å²) in [6, 6.07) is 0.539. The molecule has 3 aliphatic rings. The molecule has 1 aromatic rings. The number of hydrogen-bond donors (Lipinski definition) is 1. The smallest absolute Gasteiger partial charge is 0.410 e. The van der Waals surface area contributed by atoms with E-state index in [1.165, 1.54) is 0 Å². The van der Waals surface area contributed by atoms with Gasteiger partial charge in [-0.05, 0) is 32.1 Å². The van der Waals surface area contributed by atoms with Crippen molar-refractivity contribution in [2.75, 3.05) is 26.2 Å². The number of aromatic nitrogens is 3. The first-order valence-electron chi connectivity index (χ1n) is 9.43. The number of fused-ring (bicyclic) bond motifs is 1. The fraction of sp³-hybridized carbons (Fsp3) is 0.765. The third-order valence-electron chi connectivity index (χ3n) is 6.13. The van der Waals surface area contributed by atoms with E-state index in [0.717, 1.165) is 32.1 Å². The zero-order valence-corrected chi connectivity index (χ0v) is 16.4. The van der Waals surface area contributed by atoms with E-state index in [-0.39, 0.29) is 36.5 Å². The molecule has 3 heterocycles. The molecule has 0 spiro atoms. The van der Waals surface area contributed by atoms with Crippen LogP contribution in [-0.2, 0) is 4.74 Å². The highest BCUT2D eigenvalue weighted by Crippen LogP contribution is 2.32. The van der Waals surface area contributed by atoms with Gasteiger partial charge in [0.25, 0.3) is 5.91 Å². The standard InChI is InChI=1S/C17H26N6O3.ClH/c1-2-17-10-21(7-8-22(17)16(25)26-11-17)15(24)14-9-23(20-19-14)13-5-3-12(18)4-6-13;/h9,12-13H,2-8,10-11,18H2,1H3;1H. The highest BCUT2D eigenvalue weighted by molar-refractivity contribution is 5.92. The summed E-state index contributed by atoms with van der Waals surface area (Å²) in [7, 11) is 0. The minimum absolute atomic E-state index is 0. The van der Waals surface area contributed by atoms with E-state index in [1.807, 2.05) is 11.6 Å². The molecule has 1 atom stereocenters. The highest BCUT2D eigenvalue weighted by atomic mass is 35.5. The van der Waals surface area contributed by atoms with Crippen molar-refractivity contribution in [3.8, 4) is 0 Å². The molecule has 2 saturated heterocycles. The number of amides is 2. The lowest BCUT2D eigenvalue weighted by molar-refractivity contribution is 0.0357. The Labute approximate surface area is 164 Å². The number of halogens is 1. The quantitative estimate of drug-likeness (QED) is 0.819. The molecule has 2 N–H and O–H groups in total. The van der Waals surface area contributed by atoms with Crippen molar-refractivity contribution in [1.82, 2.24) is 24.8 Å². The summed E-state index contributed by atoms with van der Waals surface area (Å²) < 4.78 is 7.04. The van der Waals surface area contributed by atoms with Gasteiger partial charge in [-0.2, -0.15) is 0 Å². The molecule has 4 rings (SSSR count). The van der Waals surface area contributed by atoms with E-state index in [0.29, 0.717) is 31.9 Å². The summed E-state index contributed by atoms with van der Waals surface area (Å²) >= 11 is 0. The minimum atomic E-state index is -0.416. The molecule has 0 bridgehead atoms. The summed E-state index contributed by atoms with van der Waals surface area (Å²) in [5, 5.41) is 8.30. The first-order valence-corrected chi connectivity index (χ1v) is 9.43. The molecule has 1 saturated carbocycles. The molecule has 1 aromatic heterocycles. The lowest BCUT2D eigenvalue weighted by Gasteiger charge is -2.43. The van der Waals surface area contributed by atoms with Crippen LogP contribution in [0.25, 0.3) is 0 Å². The number of carbonyl (C=O) groups excluding carboxylic acids is 2. The summed E-state index contributed by atoms with van der Waals surface area (Å²) in [5.41, 5.74) is 5.91. The molecule has 1 unspecified atom stereocenters. The van der Waals surface area contributed by atoms with E-state index < -0.39 is 5.54 Å². The van der Waals surface area contributed by atoms with Crippen LogP contribution in [0.2, 0.25) is 0 Å². The van der Waals surface area contributed by atoms with Crippen molar-refractivity contribution < 1.29 is 14.3 Å². The third kappa shape index (κ3) is 3.50. The van der Waals surface area contributed by atoms with Crippen LogP contribution in [0.15, 0.2) is 6.20 Å². The molecular weight excluding hydrogens is 372 g/mol. The van der Waals surface area contributed by atoms with Gasteiger partial charge >= 0.3 is 6.09 Å². The Bertz CT molecular complexity index is 705. The van der Waals surface area contributed by atoms with Crippen molar-refractivity contribution in [1.29, 1.82) is 0 Å². The Morgan fingerprint density at radius 1 is 1.33 bits per heavy atom. The molecule has 3 fully saturated rings. The van der Waals surface area contributed by atoms with Crippen LogP contribution in [-0.4, -0.2) is 74.6 Å². The van der Waals surface area contributed by atoms with Crippen LogP contribution in [0, 0.1) is 0 Å². The number of nitrogens with two attached hydrogens (primary N) is 1. The van der Waals surface area contributed by atoms with Gasteiger partial charge < -0.3 is 15.4 Å². The summed E-state index contributed by atoms with van der Waals surface area (Å²) in [5.74, 6) is -0.129. The number of cyclic esters (lactones) is 1. The number of ether oxygens (including phenoxy) is 1. The highest BCUT2D eigenvalue weighted by Gasteiger charge is 2.50. The SMILES string of the molecule is CCC12COC(=O)N1CCN(C(=O)c1cn(C3CCC(N)CC3)nn1)C2.Cl. The van der Waals surface area contributed by atoms with Crippen LogP contribution in [0.5, 0.6) is 0 Å². The number of carbonyl (C=O) groups is 2. The molecule has 27 heavy (non-hydrogen) atoms. The number of hydrogen-bond acceptors (Lipinski definition) is 6. The van der Waals surface area contributed by atoms with Gasteiger partial charge in [-0.1, -0.05) is 12.1 Å². The van der Waals surface area contributed by atoms with Crippen LogP contribution in [0.1, 0.15) is 55.6 Å². The zero-order chi connectivity index (χ0) is 18.3. The predicted octanol–water partition coefficient (Wildman–Crippen LogP) is 1.20. The number of piperazine rings is 1. The maximum atomic E-state index is 12.9. The average molecular weight is 399 g/mol. The van der Waals surface area contributed by atoms with Gasteiger partial charge in [-0.15, -0.1) is 17.5 Å². The first-order chi connectivity index (χ1) is 12.5. The average Bonchev–Trinajstić information content (AvgIpc) is 3.27. The molecule has 150 valence electrons.